The van der Waals surface area contributed by atoms with E-state index in [0.29, 0.717) is 6.42 Å². The zero-order valence-electron chi connectivity index (χ0n) is 11.7. The molecule has 0 bridgehead atoms. The van der Waals surface area contributed by atoms with Crippen molar-refractivity contribution in [3.63, 3.8) is 0 Å². The Morgan fingerprint density at radius 3 is 2.24 bits per heavy atom. The zero-order chi connectivity index (χ0) is 14.5. The van der Waals surface area contributed by atoms with Gasteiger partial charge < -0.3 is 0 Å². The highest BCUT2D eigenvalue weighted by molar-refractivity contribution is 7.12. The standard InChI is InChI=1S/C19H16OS/c20-18(12-11-15-7-3-1-4-8-15)19-17(13-14-21-19)16-9-5-2-6-10-16/h1-10,13-14H,11-12H2. The number of thiophene rings is 1. The van der Waals surface area contributed by atoms with E-state index in [1.165, 1.54) is 16.9 Å². The summed E-state index contributed by atoms with van der Waals surface area (Å²) >= 11 is 1.54. The summed E-state index contributed by atoms with van der Waals surface area (Å²) < 4.78 is 0. The maximum Gasteiger partial charge on any atom is 0.173 e. The van der Waals surface area contributed by atoms with Crippen LogP contribution in [0.2, 0.25) is 0 Å². The molecule has 0 atom stereocenters. The van der Waals surface area contributed by atoms with Gasteiger partial charge in [0, 0.05) is 12.0 Å². The van der Waals surface area contributed by atoms with E-state index < -0.39 is 0 Å². The van der Waals surface area contributed by atoms with Gasteiger partial charge in [-0.15, -0.1) is 11.3 Å². The number of hydrogen-bond donors (Lipinski definition) is 0. The van der Waals surface area contributed by atoms with E-state index in [1.54, 1.807) is 0 Å². The average molecular weight is 292 g/mol. The molecule has 0 saturated heterocycles. The molecule has 104 valence electrons. The lowest BCUT2D eigenvalue weighted by Gasteiger charge is -2.04. The molecule has 0 saturated carbocycles. The Labute approximate surface area is 128 Å². The van der Waals surface area contributed by atoms with Gasteiger partial charge in [0.15, 0.2) is 5.78 Å². The molecule has 3 rings (SSSR count). The Bertz CT molecular complexity index is 714. The number of carbonyl (C=O) groups is 1. The molecule has 0 aliphatic rings. The average Bonchev–Trinajstić information content (AvgIpc) is 3.04. The number of hydrogen-bond acceptors (Lipinski definition) is 2. The number of benzene rings is 2. The molecule has 0 unspecified atom stereocenters. The van der Waals surface area contributed by atoms with Crippen LogP contribution in [-0.4, -0.2) is 5.78 Å². The molecule has 1 aromatic heterocycles. The van der Waals surface area contributed by atoms with Gasteiger partial charge in [0.05, 0.1) is 4.88 Å². The number of ketones is 1. The molecular formula is C19H16OS. The summed E-state index contributed by atoms with van der Waals surface area (Å²) in [6, 6.07) is 22.3. The van der Waals surface area contributed by atoms with Crippen molar-refractivity contribution >= 4 is 17.1 Å². The van der Waals surface area contributed by atoms with Crippen molar-refractivity contribution < 1.29 is 4.79 Å². The number of carbonyl (C=O) groups excluding carboxylic acids is 1. The smallest absolute Gasteiger partial charge is 0.173 e. The van der Waals surface area contributed by atoms with Gasteiger partial charge in [0.25, 0.3) is 0 Å². The second-order valence-electron chi connectivity index (χ2n) is 4.94. The second kappa shape index (κ2) is 6.51. The summed E-state index contributed by atoms with van der Waals surface area (Å²) in [5.74, 6) is 0.229. The van der Waals surface area contributed by atoms with Crippen LogP contribution in [0.4, 0.5) is 0 Å². The third-order valence-electron chi connectivity index (χ3n) is 3.49. The molecule has 0 aliphatic carbocycles. The minimum Gasteiger partial charge on any atom is -0.293 e. The van der Waals surface area contributed by atoms with Crippen LogP contribution in [0, 0.1) is 0 Å². The first-order valence-electron chi connectivity index (χ1n) is 7.04. The molecule has 3 aromatic rings. The fourth-order valence-electron chi connectivity index (χ4n) is 2.39. The van der Waals surface area contributed by atoms with Gasteiger partial charge in [-0.2, -0.15) is 0 Å². The highest BCUT2D eigenvalue weighted by atomic mass is 32.1. The van der Waals surface area contributed by atoms with Gasteiger partial charge in [-0.25, -0.2) is 0 Å². The number of aryl methyl sites for hydroxylation is 1. The van der Waals surface area contributed by atoms with Gasteiger partial charge >= 0.3 is 0 Å². The van der Waals surface area contributed by atoms with Crippen molar-refractivity contribution in [2.24, 2.45) is 0 Å². The lowest BCUT2D eigenvalue weighted by atomic mass is 10.0. The summed E-state index contributed by atoms with van der Waals surface area (Å²) in [5, 5.41) is 2.00. The summed E-state index contributed by atoms with van der Waals surface area (Å²) in [5.41, 5.74) is 3.38. The third kappa shape index (κ3) is 3.29. The van der Waals surface area contributed by atoms with Crippen molar-refractivity contribution in [1.29, 1.82) is 0 Å². The fourth-order valence-corrected chi connectivity index (χ4v) is 3.27. The Hall–Kier alpha value is -2.19. The van der Waals surface area contributed by atoms with Gasteiger partial charge in [-0.05, 0) is 29.0 Å². The molecule has 0 aliphatic heterocycles. The van der Waals surface area contributed by atoms with Crippen molar-refractivity contribution in [3.8, 4) is 11.1 Å². The Balaban J connectivity index is 1.76. The Morgan fingerprint density at radius 1 is 0.857 bits per heavy atom. The topological polar surface area (TPSA) is 17.1 Å². The summed E-state index contributed by atoms with van der Waals surface area (Å²) in [7, 11) is 0. The van der Waals surface area contributed by atoms with E-state index in [1.807, 2.05) is 47.8 Å². The van der Waals surface area contributed by atoms with Crippen molar-refractivity contribution in [2.75, 3.05) is 0 Å². The van der Waals surface area contributed by atoms with Crippen molar-refractivity contribution in [1.82, 2.24) is 0 Å². The maximum absolute atomic E-state index is 12.5. The van der Waals surface area contributed by atoms with Gasteiger partial charge in [0.2, 0.25) is 0 Å². The van der Waals surface area contributed by atoms with Gasteiger partial charge in [-0.1, -0.05) is 60.7 Å². The number of Topliss-reactive ketones (excluding diaryl/α,β-unsaturated/α-hetero) is 1. The molecule has 1 heterocycles. The lowest BCUT2D eigenvalue weighted by Crippen LogP contribution is -2.00. The Kier molecular flexibility index (Phi) is 4.27. The van der Waals surface area contributed by atoms with E-state index in [2.05, 4.69) is 24.3 Å². The quantitative estimate of drug-likeness (QED) is 0.588. The first-order valence-corrected chi connectivity index (χ1v) is 7.92. The highest BCUT2D eigenvalue weighted by Gasteiger charge is 2.14. The largest absolute Gasteiger partial charge is 0.293 e. The predicted octanol–water partition coefficient (Wildman–Crippen LogP) is 5.23. The molecule has 2 heteroatoms. The van der Waals surface area contributed by atoms with Crippen LogP contribution in [0.3, 0.4) is 0 Å². The first-order chi connectivity index (χ1) is 10.3. The van der Waals surface area contributed by atoms with Crippen LogP contribution >= 0.6 is 11.3 Å². The molecule has 0 spiro atoms. The zero-order valence-corrected chi connectivity index (χ0v) is 12.5. The van der Waals surface area contributed by atoms with Crippen LogP contribution in [0.5, 0.6) is 0 Å². The first kappa shape index (κ1) is 13.8. The van der Waals surface area contributed by atoms with Gasteiger partial charge in [0.1, 0.15) is 0 Å². The molecule has 0 fully saturated rings. The van der Waals surface area contributed by atoms with E-state index in [4.69, 9.17) is 0 Å². The maximum atomic E-state index is 12.5. The van der Waals surface area contributed by atoms with Crippen LogP contribution in [0.25, 0.3) is 11.1 Å². The fraction of sp³-hybridized carbons (Fsp3) is 0.105. The highest BCUT2D eigenvalue weighted by Crippen LogP contribution is 2.29. The van der Waals surface area contributed by atoms with Crippen LogP contribution in [0.1, 0.15) is 21.7 Å². The predicted molar refractivity (Wildman–Crippen MR) is 88.8 cm³/mol. The molecule has 21 heavy (non-hydrogen) atoms. The van der Waals surface area contributed by atoms with Crippen molar-refractivity contribution in [3.05, 3.63) is 82.6 Å². The SMILES string of the molecule is O=C(CCc1ccccc1)c1sccc1-c1ccccc1. The van der Waals surface area contributed by atoms with Crippen LogP contribution < -0.4 is 0 Å². The monoisotopic (exact) mass is 292 g/mol. The molecule has 0 N–H and O–H groups in total. The summed E-state index contributed by atoms with van der Waals surface area (Å²) in [6.45, 7) is 0. The molecule has 0 amide bonds. The van der Waals surface area contributed by atoms with Crippen LogP contribution in [0.15, 0.2) is 72.1 Å². The second-order valence-corrected chi connectivity index (χ2v) is 5.85. The summed E-state index contributed by atoms with van der Waals surface area (Å²) in [6.07, 6.45) is 1.36. The van der Waals surface area contributed by atoms with Crippen LogP contribution in [-0.2, 0) is 6.42 Å². The summed E-state index contributed by atoms with van der Waals surface area (Å²) in [4.78, 5) is 13.4. The van der Waals surface area contributed by atoms with Gasteiger partial charge in [-0.3, -0.25) is 4.79 Å². The van der Waals surface area contributed by atoms with E-state index >= 15 is 0 Å². The van der Waals surface area contributed by atoms with E-state index in [-0.39, 0.29) is 5.78 Å². The van der Waals surface area contributed by atoms with Crippen molar-refractivity contribution in [2.45, 2.75) is 12.8 Å². The minimum absolute atomic E-state index is 0.229. The molecule has 0 radical (unpaired) electrons. The minimum atomic E-state index is 0.229. The Morgan fingerprint density at radius 2 is 1.52 bits per heavy atom. The molecule has 1 nitrogen and oxygen atoms in total. The third-order valence-corrected chi connectivity index (χ3v) is 4.44. The normalized spacial score (nSPS) is 10.5. The molecule has 2 aromatic carbocycles. The van der Waals surface area contributed by atoms with E-state index in [0.717, 1.165) is 22.4 Å². The number of rotatable bonds is 5. The molecular weight excluding hydrogens is 276 g/mol. The van der Waals surface area contributed by atoms with E-state index in [9.17, 15) is 4.79 Å². The lowest BCUT2D eigenvalue weighted by molar-refractivity contribution is 0.0987.